The molecule has 1 aromatic carbocycles. The number of aromatic nitrogens is 2. The monoisotopic (exact) mass is 532 g/mol. The van der Waals surface area contributed by atoms with Gasteiger partial charge >= 0.3 is 0 Å². The highest BCUT2D eigenvalue weighted by molar-refractivity contribution is 5.82. The summed E-state index contributed by atoms with van der Waals surface area (Å²) in [5, 5.41) is 23.3. The highest BCUT2D eigenvalue weighted by atomic mass is 16.5. The van der Waals surface area contributed by atoms with E-state index in [1.165, 1.54) is 19.3 Å². The fourth-order valence-corrected chi connectivity index (χ4v) is 5.85. The van der Waals surface area contributed by atoms with Crippen LogP contribution in [0.25, 0.3) is 10.9 Å². The molecule has 1 saturated carbocycles. The number of fused-ring (bicyclic) bond motifs is 1. The Labute approximate surface area is 231 Å². The van der Waals surface area contributed by atoms with Gasteiger partial charge in [0.25, 0.3) is 0 Å². The average Bonchev–Trinajstić information content (AvgIpc) is 2.97. The predicted molar refractivity (Wildman–Crippen MR) is 151 cm³/mol. The van der Waals surface area contributed by atoms with E-state index in [1.807, 2.05) is 32.3 Å². The number of nitrogens with zero attached hydrogens (tertiary/aromatic N) is 4. The van der Waals surface area contributed by atoms with Gasteiger partial charge in [-0.15, -0.1) is 0 Å². The Bertz CT molecular complexity index is 1290. The number of nitriles is 1. The molecule has 4 rings (SSSR count). The molecule has 2 aromatic heterocycles. The Morgan fingerprint density at radius 3 is 2.28 bits per heavy atom. The number of pyridine rings is 2. The molecule has 0 saturated heterocycles. The average molecular weight is 533 g/mol. The van der Waals surface area contributed by atoms with Crippen LogP contribution in [0.2, 0.25) is 0 Å². The summed E-state index contributed by atoms with van der Waals surface area (Å²) >= 11 is 0. The third-order valence-electron chi connectivity index (χ3n) is 8.01. The molecule has 1 aliphatic carbocycles. The third kappa shape index (κ3) is 6.43. The van der Waals surface area contributed by atoms with Crippen LogP contribution in [0.5, 0.6) is 17.6 Å². The van der Waals surface area contributed by atoms with E-state index in [9.17, 15) is 10.4 Å². The Morgan fingerprint density at radius 1 is 1.00 bits per heavy atom. The predicted octanol–water partition coefficient (Wildman–Crippen LogP) is 5.42. The molecule has 8 nitrogen and oxygen atoms in total. The quantitative estimate of drug-likeness (QED) is 0.349. The molecular formula is C31H40N4O4. The summed E-state index contributed by atoms with van der Waals surface area (Å²) in [5.74, 6) is 1.38. The lowest BCUT2D eigenvalue weighted by atomic mass is 9.69. The largest absolute Gasteiger partial charge is 0.481 e. The van der Waals surface area contributed by atoms with Crippen molar-refractivity contribution in [2.24, 2.45) is 5.92 Å². The first-order valence-electron chi connectivity index (χ1n) is 13.7. The molecule has 39 heavy (non-hydrogen) atoms. The van der Waals surface area contributed by atoms with Crippen LogP contribution in [-0.2, 0) is 5.60 Å². The van der Waals surface area contributed by atoms with Gasteiger partial charge in [0.05, 0.1) is 44.1 Å². The SMILES string of the molecule is COc1cc(C(O)(CCN(C)C)C(CC2CCCCC2)c2cc3cc(C#N)ccc3nc2OC)cc(OC)n1. The summed E-state index contributed by atoms with van der Waals surface area (Å²) in [5.41, 5.74) is 1.52. The van der Waals surface area contributed by atoms with Crippen molar-refractivity contribution in [3.05, 3.63) is 53.1 Å². The second kappa shape index (κ2) is 12.6. The number of methoxy groups -OCH3 is 3. The lowest BCUT2D eigenvalue weighted by molar-refractivity contribution is -0.0172. The minimum atomic E-state index is -1.30. The van der Waals surface area contributed by atoms with Crippen molar-refractivity contribution in [2.45, 2.75) is 56.5 Å². The van der Waals surface area contributed by atoms with Crippen LogP contribution in [-0.4, -0.2) is 61.9 Å². The van der Waals surface area contributed by atoms with Crippen molar-refractivity contribution in [1.82, 2.24) is 14.9 Å². The molecule has 0 spiro atoms. The summed E-state index contributed by atoms with van der Waals surface area (Å²) in [6.07, 6.45) is 7.15. The van der Waals surface area contributed by atoms with E-state index in [0.29, 0.717) is 47.7 Å². The zero-order valence-electron chi connectivity index (χ0n) is 23.7. The maximum atomic E-state index is 12.9. The third-order valence-corrected chi connectivity index (χ3v) is 8.01. The van der Waals surface area contributed by atoms with Gasteiger partial charge in [-0.1, -0.05) is 32.1 Å². The first-order valence-corrected chi connectivity index (χ1v) is 13.7. The Balaban J connectivity index is 1.96. The van der Waals surface area contributed by atoms with Gasteiger partial charge in [0.15, 0.2) is 0 Å². The topological polar surface area (TPSA) is 101 Å². The minimum Gasteiger partial charge on any atom is -0.481 e. The van der Waals surface area contributed by atoms with E-state index in [0.717, 1.165) is 35.7 Å². The van der Waals surface area contributed by atoms with Crippen molar-refractivity contribution in [3.63, 3.8) is 0 Å². The van der Waals surface area contributed by atoms with Gasteiger partial charge in [-0.05, 0) is 62.7 Å². The zero-order chi connectivity index (χ0) is 28.0. The first kappa shape index (κ1) is 28.6. The van der Waals surface area contributed by atoms with Gasteiger partial charge in [0.1, 0.15) is 0 Å². The molecule has 0 amide bonds. The highest BCUT2D eigenvalue weighted by Crippen LogP contribution is 2.49. The van der Waals surface area contributed by atoms with Crippen molar-refractivity contribution in [3.8, 4) is 23.7 Å². The molecule has 2 atom stereocenters. The minimum absolute atomic E-state index is 0.338. The maximum Gasteiger partial charge on any atom is 0.217 e. The zero-order valence-corrected chi connectivity index (χ0v) is 23.7. The molecule has 0 bridgehead atoms. The van der Waals surface area contributed by atoms with Gasteiger partial charge in [-0.3, -0.25) is 0 Å². The normalized spacial score (nSPS) is 16.5. The van der Waals surface area contributed by atoms with E-state index >= 15 is 0 Å². The van der Waals surface area contributed by atoms with Crippen LogP contribution in [0.1, 0.15) is 67.6 Å². The number of rotatable bonds is 11. The molecule has 3 aromatic rings. The molecule has 2 heterocycles. The highest BCUT2D eigenvalue weighted by Gasteiger charge is 2.43. The van der Waals surface area contributed by atoms with Crippen LogP contribution < -0.4 is 14.2 Å². The molecule has 8 heteroatoms. The molecule has 1 N–H and O–H groups in total. The number of aliphatic hydroxyl groups is 1. The van der Waals surface area contributed by atoms with Crippen LogP contribution in [0, 0.1) is 17.2 Å². The number of ether oxygens (including phenoxy) is 3. The summed E-state index contributed by atoms with van der Waals surface area (Å²) < 4.78 is 16.9. The van der Waals surface area contributed by atoms with Crippen LogP contribution >= 0.6 is 0 Å². The van der Waals surface area contributed by atoms with Crippen molar-refractivity contribution in [1.29, 1.82) is 5.26 Å². The second-order valence-electron chi connectivity index (χ2n) is 10.8. The van der Waals surface area contributed by atoms with Crippen LogP contribution in [0.15, 0.2) is 36.4 Å². The van der Waals surface area contributed by atoms with Gasteiger partial charge in [0.2, 0.25) is 17.6 Å². The number of hydrogen-bond donors (Lipinski definition) is 1. The van der Waals surface area contributed by atoms with Crippen molar-refractivity contribution in [2.75, 3.05) is 42.0 Å². The summed E-state index contributed by atoms with van der Waals surface area (Å²) in [4.78, 5) is 11.3. The standard InChI is InChI=1S/C31H40N4O4/c1-35(2)14-13-31(36,24-18-28(37-3)34-29(19-24)38-4)26(16-21-9-7-6-8-10-21)25-17-23-15-22(20-32)11-12-27(23)33-30(25)39-5/h11-12,15,17-19,21,26,36H,6-10,13-14,16H2,1-5H3. The lowest BCUT2D eigenvalue weighted by Gasteiger charge is -2.40. The van der Waals surface area contributed by atoms with E-state index in [-0.39, 0.29) is 5.92 Å². The fourth-order valence-electron chi connectivity index (χ4n) is 5.85. The Kier molecular flexibility index (Phi) is 9.26. The van der Waals surface area contributed by atoms with Crippen LogP contribution in [0.3, 0.4) is 0 Å². The second-order valence-corrected chi connectivity index (χ2v) is 10.8. The maximum absolute atomic E-state index is 12.9. The van der Waals surface area contributed by atoms with Gasteiger partial charge in [-0.2, -0.15) is 10.2 Å². The number of benzene rings is 1. The van der Waals surface area contributed by atoms with E-state index in [2.05, 4.69) is 16.0 Å². The molecule has 208 valence electrons. The molecule has 2 unspecified atom stereocenters. The first-order chi connectivity index (χ1) is 18.8. The number of hydrogen-bond acceptors (Lipinski definition) is 8. The van der Waals surface area contributed by atoms with E-state index < -0.39 is 5.60 Å². The van der Waals surface area contributed by atoms with Gasteiger partial charge < -0.3 is 24.2 Å². The molecular weight excluding hydrogens is 492 g/mol. The summed E-state index contributed by atoms with van der Waals surface area (Å²) in [6, 6.07) is 13.3. The smallest absolute Gasteiger partial charge is 0.217 e. The Hall–Kier alpha value is -3.41. The van der Waals surface area contributed by atoms with Gasteiger partial charge in [-0.25, -0.2) is 4.98 Å². The molecule has 0 radical (unpaired) electrons. The van der Waals surface area contributed by atoms with E-state index in [1.54, 1.807) is 39.5 Å². The molecule has 1 fully saturated rings. The molecule has 0 aliphatic heterocycles. The summed E-state index contributed by atoms with van der Waals surface area (Å²) in [7, 11) is 8.76. The lowest BCUT2D eigenvalue weighted by Crippen LogP contribution is -2.38. The van der Waals surface area contributed by atoms with E-state index in [4.69, 9.17) is 19.2 Å². The summed E-state index contributed by atoms with van der Waals surface area (Å²) in [6.45, 7) is 0.659. The fraction of sp³-hybridized carbons (Fsp3) is 0.516. The van der Waals surface area contributed by atoms with Crippen molar-refractivity contribution < 1.29 is 19.3 Å². The van der Waals surface area contributed by atoms with Crippen molar-refractivity contribution >= 4 is 10.9 Å². The molecule has 1 aliphatic rings. The Morgan fingerprint density at radius 2 is 1.69 bits per heavy atom. The van der Waals surface area contributed by atoms with Crippen LogP contribution in [0.4, 0.5) is 0 Å². The van der Waals surface area contributed by atoms with Gasteiger partial charge in [0, 0.05) is 35.5 Å².